The average Bonchev–Trinajstić information content (AvgIpc) is 2.34. The van der Waals surface area contributed by atoms with E-state index in [0.717, 1.165) is 5.56 Å². The van der Waals surface area contributed by atoms with E-state index in [-0.39, 0.29) is 23.1 Å². The number of benzene rings is 1. The molecule has 1 rings (SSSR count). The molecule has 1 N–H and O–H groups in total. The van der Waals surface area contributed by atoms with Gasteiger partial charge in [0, 0.05) is 13.1 Å². The lowest BCUT2D eigenvalue weighted by atomic mass is 10.1. The van der Waals surface area contributed by atoms with Gasteiger partial charge in [0.2, 0.25) is 0 Å². The number of aromatic hydroxyl groups is 1. The first-order chi connectivity index (χ1) is 8.49. The second kappa shape index (κ2) is 6.06. The third-order valence-corrected chi connectivity index (χ3v) is 2.77. The smallest absolute Gasteiger partial charge is 0.257 e. The molecule has 96 valence electrons. The van der Waals surface area contributed by atoms with Crippen LogP contribution in [0, 0.1) is 24.2 Å². The maximum Gasteiger partial charge on any atom is 0.257 e. The van der Waals surface area contributed by atoms with Gasteiger partial charge in [-0.15, -0.1) is 0 Å². The van der Waals surface area contributed by atoms with Crippen LogP contribution in [-0.2, 0) is 0 Å². The van der Waals surface area contributed by atoms with Gasteiger partial charge in [-0.25, -0.2) is 0 Å². The Kier molecular flexibility index (Phi) is 4.73. The van der Waals surface area contributed by atoms with Crippen LogP contribution < -0.4 is 0 Å². The van der Waals surface area contributed by atoms with E-state index < -0.39 is 0 Å². The minimum Gasteiger partial charge on any atom is -0.507 e. The van der Waals surface area contributed by atoms with Crippen molar-refractivity contribution in [2.75, 3.05) is 13.1 Å². The number of nitriles is 1. The molecule has 1 atom stereocenters. The Morgan fingerprint density at radius 3 is 2.72 bits per heavy atom. The number of carbonyl (C=O) groups excluding carboxylic acids is 1. The number of hydrogen-bond acceptors (Lipinski definition) is 3. The lowest BCUT2D eigenvalue weighted by Crippen LogP contribution is -2.34. The van der Waals surface area contributed by atoms with Crippen LogP contribution in [0.4, 0.5) is 0 Å². The first-order valence-corrected chi connectivity index (χ1v) is 5.98. The van der Waals surface area contributed by atoms with Crippen molar-refractivity contribution < 1.29 is 9.90 Å². The fourth-order valence-corrected chi connectivity index (χ4v) is 1.72. The molecule has 4 nitrogen and oxygen atoms in total. The molecule has 0 aliphatic heterocycles. The lowest BCUT2D eigenvalue weighted by molar-refractivity contribution is 0.0749. The summed E-state index contributed by atoms with van der Waals surface area (Å²) in [6, 6.07) is 7.07. The van der Waals surface area contributed by atoms with E-state index >= 15 is 0 Å². The third kappa shape index (κ3) is 3.24. The van der Waals surface area contributed by atoms with E-state index in [4.69, 9.17) is 5.26 Å². The molecular formula is C14H18N2O2. The van der Waals surface area contributed by atoms with E-state index in [1.54, 1.807) is 30.0 Å². The molecule has 0 fully saturated rings. The summed E-state index contributed by atoms with van der Waals surface area (Å²) in [7, 11) is 0. The van der Waals surface area contributed by atoms with Crippen molar-refractivity contribution in [3.63, 3.8) is 0 Å². The summed E-state index contributed by atoms with van der Waals surface area (Å²) < 4.78 is 0. The molecule has 1 amide bonds. The van der Waals surface area contributed by atoms with Crippen LogP contribution in [0.1, 0.15) is 29.8 Å². The second-order valence-electron chi connectivity index (χ2n) is 4.39. The van der Waals surface area contributed by atoms with Gasteiger partial charge < -0.3 is 10.0 Å². The fraction of sp³-hybridized carbons (Fsp3) is 0.429. The quantitative estimate of drug-likeness (QED) is 0.886. The standard InChI is InChI=1S/C14H18N2O2/c1-4-16(9-11(3)8-15)14(18)12-6-5-10(2)7-13(12)17/h5-7,11,17H,4,9H2,1-3H3. The van der Waals surface area contributed by atoms with E-state index in [2.05, 4.69) is 6.07 Å². The van der Waals surface area contributed by atoms with Gasteiger partial charge >= 0.3 is 0 Å². The zero-order valence-corrected chi connectivity index (χ0v) is 11.0. The number of phenols is 1. The number of nitrogens with zero attached hydrogens (tertiary/aromatic N) is 2. The summed E-state index contributed by atoms with van der Waals surface area (Å²) in [5.41, 5.74) is 1.19. The largest absolute Gasteiger partial charge is 0.507 e. The molecule has 4 heteroatoms. The van der Waals surface area contributed by atoms with Crippen molar-refractivity contribution in [1.29, 1.82) is 5.26 Å². The highest BCUT2D eigenvalue weighted by Gasteiger charge is 2.19. The maximum absolute atomic E-state index is 12.2. The summed E-state index contributed by atoms with van der Waals surface area (Å²) >= 11 is 0. The van der Waals surface area contributed by atoms with Gasteiger partial charge in [-0.2, -0.15) is 5.26 Å². The molecular weight excluding hydrogens is 228 g/mol. The van der Waals surface area contributed by atoms with Crippen LogP contribution in [0.15, 0.2) is 18.2 Å². The third-order valence-electron chi connectivity index (χ3n) is 2.77. The Morgan fingerprint density at radius 2 is 2.22 bits per heavy atom. The summed E-state index contributed by atoms with van der Waals surface area (Å²) in [6.45, 7) is 6.36. The molecule has 0 saturated carbocycles. The molecule has 0 aliphatic carbocycles. The van der Waals surface area contributed by atoms with Gasteiger partial charge in [0.05, 0.1) is 17.6 Å². The van der Waals surface area contributed by atoms with Gasteiger partial charge in [0.1, 0.15) is 5.75 Å². The van der Waals surface area contributed by atoms with Gasteiger partial charge in [-0.05, 0) is 38.5 Å². The topological polar surface area (TPSA) is 64.3 Å². The van der Waals surface area contributed by atoms with Crippen LogP contribution in [0.3, 0.4) is 0 Å². The van der Waals surface area contributed by atoms with Crippen molar-refractivity contribution in [1.82, 2.24) is 4.90 Å². The lowest BCUT2D eigenvalue weighted by Gasteiger charge is -2.22. The van der Waals surface area contributed by atoms with Gasteiger partial charge in [0.15, 0.2) is 0 Å². The van der Waals surface area contributed by atoms with E-state index in [9.17, 15) is 9.90 Å². The summed E-state index contributed by atoms with van der Waals surface area (Å²) in [5, 5.41) is 18.6. The zero-order valence-electron chi connectivity index (χ0n) is 11.0. The first-order valence-electron chi connectivity index (χ1n) is 5.98. The molecule has 1 aromatic carbocycles. The highest BCUT2D eigenvalue weighted by molar-refractivity contribution is 5.96. The van der Waals surface area contributed by atoms with E-state index in [1.165, 1.54) is 0 Å². The number of rotatable bonds is 4. The Morgan fingerprint density at radius 1 is 1.56 bits per heavy atom. The van der Waals surface area contributed by atoms with Crippen molar-refractivity contribution in [2.45, 2.75) is 20.8 Å². The molecule has 0 radical (unpaired) electrons. The zero-order chi connectivity index (χ0) is 13.7. The van der Waals surface area contributed by atoms with E-state index in [1.807, 2.05) is 13.8 Å². The van der Waals surface area contributed by atoms with Crippen molar-refractivity contribution in [2.24, 2.45) is 5.92 Å². The minimum absolute atomic E-state index is 0.0111. The molecule has 0 spiro atoms. The average molecular weight is 246 g/mol. The Balaban J connectivity index is 2.94. The predicted octanol–water partition coefficient (Wildman–Crippen LogP) is 2.32. The molecule has 0 aromatic heterocycles. The normalized spacial score (nSPS) is 11.7. The highest BCUT2D eigenvalue weighted by atomic mass is 16.3. The molecule has 1 unspecified atom stereocenters. The van der Waals surface area contributed by atoms with Gasteiger partial charge in [-0.3, -0.25) is 4.79 Å². The first kappa shape index (κ1) is 14.0. The molecule has 1 aromatic rings. The van der Waals surface area contributed by atoms with Crippen molar-refractivity contribution in [3.05, 3.63) is 29.3 Å². The van der Waals surface area contributed by atoms with Crippen molar-refractivity contribution in [3.8, 4) is 11.8 Å². The summed E-state index contributed by atoms with van der Waals surface area (Å²) in [4.78, 5) is 13.8. The number of aryl methyl sites for hydroxylation is 1. The monoisotopic (exact) mass is 246 g/mol. The van der Waals surface area contributed by atoms with E-state index in [0.29, 0.717) is 13.1 Å². The van der Waals surface area contributed by atoms with Gasteiger partial charge in [0.25, 0.3) is 5.91 Å². The Labute approximate surface area is 107 Å². The van der Waals surface area contributed by atoms with Crippen LogP contribution >= 0.6 is 0 Å². The van der Waals surface area contributed by atoms with Crippen LogP contribution in [0.2, 0.25) is 0 Å². The fourth-order valence-electron chi connectivity index (χ4n) is 1.72. The number of hydrogen-bond donors (Lipinski definition) is 1. The molecule has 18 heavy (non-hydrogen) atoms. The Hall–Kier alpha value is -2.02. The van der Waals surface area contributed by atoms with Crippen LogP contribution in [0.25, 0.3) is 0 Å². The van der Waals surface area contributed by atoms with Gasteiger partial charge in [-0.1, -0.05) is 6.07 Å². The van der Waals surface area contributed by atoms with Crippen molar-refractivity contribution >= 4 is 5.91 Å². The van der Waals surface area contributed by atoms with Crippen LogP contribution in [-0.4, -0.2) is 29.0 Å². The maximum atomic E-state index is 12.2. The number of phenolic OH excluding ortho intramolecular Hbond substituents is 1. The molecule has 0 saturated heterocycles. The summed E-state index contributed by atoms with van der Waals surface area (Å²) in [5.74, 6) is -0.471. The summed E-state index contributed by atoms with van der Waals surface area (Å²) in [6.07, 6.45) is 0. The predicted molar refractivity (Wildman–Crippen MR) is 69.2 cm³/mol. The number of carbonyl (C=O) groups is 1. The molecule has 0 bridgehead atoms. The van der Waals surface area contributed by atoms with Crippen LogP contribution in [0.5, 0.6) is 5.75 Å². The highest BCUT2D eigenvalue weighted by Crippen LogP contribution is 2.20. The molecule has 0 aliphatic rings. The number of amides is 1. The Bertz CT molecular complexity index is 477. The minimum atomic E-state index is -0.239. The second-order valence-corrected chi connectivity index (χ2v) is 4.39. The SMILES string of the molecule is CCN(CC(C)C#N)C(=O)c1ccc(C)cc1O. The molecule has 0 heterocycles.